The molecule has 0 bridgehead atoms. The Labute approximate surface area is 124 Å². The van der Waals surface area contributed by atoms with Gasteiger partial charge in [-0.25, -0.2) is 0 Å². The van der Waals surface area contributed by atoms with Gasteiger partial charge in [0.2, 0.25) is 5.89 Å². The van der Waals surface area contributed by atoms with E-state index in [1.165, 1.54) is 12.0 Å². The van der Waals surface area contributed by atoms with E-state index in [1.807, 2.05) is 0 Å². The maximum atomic E-state index is 5.63. The fraction of sp³-hybridized carbons (Fsp3) is 0.529. The van der Waals surface area contributed by atoms with Crippen LogP contribution in [0.4, 0.5) is 0 Å². The molecular weight excluding hydrogens is 262 g/mol. The smallest absolute Gasteiger partial charge is 0.246 e. The molecular formula is C17H21N3O. The van der Waals surface area contributed by atoms with Gasteiger partial charge in [-0.3, -0.25) is 0 Å². The van der Waals surface area contributed by atoms with Crippen LogP contribution in [-0.4, -0.2) is 16.7 Å². The Balaban J connectivity index is 1.71. The van der Waals surface area contributed by atoms with Crippen molar-refractivity contribution in [2.75, 3.05) is 6.54 Å². The Hall–Kier alpha value is -1.68. The summed E-state index contributed by atoms with van der Waals surface area (Å²) in [6.07, 6.45) is 5.68. The molecule has 0 spiro atoms. The normalized spacial score (nSPS) is 27.5. The molecule has 1 saturated heterocycles. The summed E-state index contributed by atoms with van der Waals surface area (Å²) in [6.45, 7) is 3.19. The molecule has 2 fully saturated rings. The minimum Gasteiger partial charge on any atom is -0.337 e. The van der Waals surface area contributed by atoms with E-state index in [4.69, 9.17) is 9.51 Å². The van der Waals surface area contributed by atoms with Crippen LogP contribution in [0.1, 0.15) is 56.3 Å². The molecule has 21 heavy (non-hydrogen) atoms. The summed E-state index contributed by atoms with van der Waals surface area (Å²) in [4.78, 5) is 4.79. The van der Waals surface area contributed by atoms with Crippen LogP contribution in [0, 0.1) is 0 Å². The van der Waals surface area contributed by atoms with Crippen LogP contribution in [0.25, 0.3) is 0 Å². The van der Waals surface area contributed by atoms with Gasteiger partial charge in [-0.2, -0.15) is 4.98 Å². The lowest BCUT2D eigenvalue weighted by molar-refractivity contribution is 0.256. The molecule has 1 saturated carbocycles. The van der Waals surface area contributed by atoms with Crippen LogP contribution in [0.2, 0.25) is 0 Å². The molecule has 0 radical (unpaired) electrons. The maximum absolute atomic E-state index is 5.63. The van der Waals surface area contributed by atoms with E-state index in [0.29, 0.717) is 0 Å². The third-order valence-corrected chi connectivity index (χ3v) is 5.23. The number of hydrogen-bond acceptors (Lipinski definition) is 4. The van der Waals surface area contributed by atoms with E-state index in [-0.39, 0.29) is 11.0 Å². The van der Waals surface area contributed by atoms with Crippen LogP contribution in [-0.2, 0) is 11.0 Å². The molecule has 1 aliphatic heterocycles. The number of aromatic nitrogens is 2. The first-order chi connectivity index (χ1) is 10.2. The van der Waals surface area contributed by atoms with Gasteiger partial charge < -0.3 is 9.84 Å². The quantitative estimate of drug-likeness (QED) is 0.940. The van der Waals surface area contributed by atoms with Crippen molar-refractivity contribution in [3.63, 3.8) is 0 Å². The van der Waals surface area contributed by atoms with Gasteiger partial charge in [0, 0.05) is 0 Å². The van der Waals surface area contributed by atoms with Crippen molar-refractivity contribution in [3.8, 4) is 0 Å². The first kappa shape index (κ1) is 13.0. The number of benzene rings is 1. The molecule has 4 rings (SSSR count). The number of hydrogen-bond donors (Lipinski definition) is 1. The van der Waals surface area contributed by atoms with Crippen LogP contribution in [0.3, 0.4) is 0 Å². The highest BCUT2D eigenvalue weighted by molar-refractivity contribution is 5.35. The zero-order chi connectivity index (χ0) is 14.3. The van der Waals surface area contributed by atoms with Crippen LogP contribution in [0.5, 0.6) is 0 Å². The zero-order valence-corrected chi connectivity index (χ0v) is 12.4. The average molecular weight is 283 g/mol. The van der Waals surface area contributed by atoms with E-state index in [2.05, 4.69) is 47.7 Å². The van der Waals surface area contributed by atoms with Crippen molar-refractivity contribution in [1.29, 1.82) is 0 Å². The average Bonchev–Trinajstić information content (AvgIpc) is 3.09. The standard InChI is InChI=1S/C17H21N3O/c1-16(9-6-12-18-16)15-19-14(20-21-15)17(10-5-11-17)13-7-3-2-4-8-13/h2-4,7-8,18H,5-6,9-12H2,1H3. The van der Waals surface area contributed by atoms with Crippen molar-refractivity contribution in [2.45, 2.75) is 50.0 Å². The fourth-order valence-corrected chi connectivity index (χ4v) is 3.65. The van der Waals surface area contributed by atoms with Crippen molar-refractivity contribution >= 4 is 0 Å². The molecule has 2 aromatic rings. The predicted octanol–water partition coefficient (Wildman–Crippen LogP) is 3.14. The Morgan fingerprint density at radius 2 is 1.90 bits per heavy atom. The lowest BCUT2D eigenvalue weighted by Gasteiger charge is -2.39. The molecule has 1 aromatic carbocycles. The molecule has 2 aliphatic rings. The summed E-state index contributed by atoms with van der Waals surface area (Å²) in [5.41, 5.74) is 1.14. The van der Waals surface area contributed by atoms with Gasteiger partial charge in [0.05, 0.1) is 11.0 Å². The second kappa shape index (κ2) is 4.67. The minimum atomic E-state index is -0.146. The molecule has 4 heteroatoms. The number of nitrogens with one attached hydrogen (secondary N) is 1. The third-order valence-electron chi connectivity index (χ3n) is 5.23. The molecule has 1 aromatic heterocycles. The molecule has 1 unspecified atom stereocenters. The van der Waals surface area contributed by atoms with Crippen molar-refractivity contribution in [3.05, 3.63) is 47.6 Å². The van der Waals surface area contributed by atoms with E-state index in [1.54, 1.807) is 0 Å². The number of nitrogens with zero attached hydrogens (tertiary/aromatic N) is 2. The van der Waals surface area contributed by atoms with Gasteiger partial charge >= 0.3 is 0 Å². The second-order valence-electron chi connectivity index (χ2n) is 6.59. The van der Waals surface area contributed by atoms with E-state index in [0.717, 1.165) is 43.9 Å². The van der Waals surface area contributed by atoms with Crippen LogP contribution >= 0.6 is 0 Å². The Morgan fingerprint density at radius 1 is 1.10 bits per heavy atom. The van der Waals surface area contributed by atoms with Crippen molar-refractivity contribution in [1.82, 2.24) is 15.5 Å². The van der Waals surface area contributed by atoms with Gasteiger partial charge in [0.15, 0.2) is 5.82 Å². The van der Waals surface area contributed by atoms with Gasteiger partial charge in [-0.1, -0.05) is 41.9 Å². The zero-order valence-electron chi connectivity index (χ0n) is 12.4. The third kappa shape index (κ3) is 1.93. The highest BCUT2D eigenvalue weighted by atomic mass is 16.5. The summed E-state index contributed by atoms with van der Waals surface area (Å²) in [6, 6.07) is 10.6. The van der Waals surface area contributed by atoms with Crippen molar-refractivity contribution in [2.24, 2.45) is 0 Å². The lowest BCUT2D eigenvalue weighted by Crippen LogP contribution is -2.37. The Kier molecular flexibility index (Phi) is 2.89. The van der Waals surface area contributed by atoms with Gasteiger partial charge in [-0.15, -0.1) is 0 Å². The van der Waals surface area contributed by atoms with Gasteiger partial charge in [-0.05, 0) is 44.7 Å². The van der Waals surface area contributed by atoms with E-state index in [9.17, 15) is 0 Å². The minimum absolute atomic E-state index is 0.0298. The Morgan fingerprint density at radius 3 is 2.52 bits per heavy atom. The molecule has 0 amide bonds. The van der Waals surface area contributed by atoms with Crippen LogP contribution < -0.4 is 5.32 Å². The Bertz CT molecular complexity index is 624. The van der Waals surface area contributed by atoms with Gasteiger partial charge in [0.25, 0.3) is 0 Å². The second-order valence-corrected chi connectivity index (χ2v) is 6.59. The number of rotatable bonds is 3. The summed E-state index contributed by atoms with van der Waals surface area (Å²) in [5, 5.41) is 7.84. The molecule has 110 valence electrons. The molecule has 1 atom stereocenters. The van der Waals surface area contributed by atoms with E-state index < -0.39 is 0 Å². The summed E-state index contributed by atoms with van der Waals surface area (Å²) in [5.74, 6) is 1.61. The first-order valence-electron chi connectivity index (χ1n) is 7.88. The first-order valence-corrected chi connectivity index (χ1v) is 7.88. The van der Waals surface area contributed by atoms with Crippen molar-refractivity contribution < 1.29 is 4.52 Å². The molecule has 1 N–H and O–H groups in total. The molecule has 2 heterocycles. The highest BCUT2D eigenvalue weighted by Gasteiger charge is 2.46. The van der Waals surface area contributed by atoms with Gasteiger partial charge in [0.1, 0.15) is 0 Å². The maximum Gasteiger partial charge on any atom is 0.246 e. The monoisotopic (exact) mass is 283 g/mol. The highest BCUT2D eigenvalue weighted by Crippen LogP contribution is 2.48. The summed E-state index contributed by atoms with van der Waals surface area (Å²) in [7, 11) is 0. The topological polar surface area (TPSA) is 51.0 Å². The fourth-order valence-electron chi connectivity index (χ4n) is 3.65. The van der Waals surface area contributed by atoms with E-state index >= 15 is 0 Å². The molecule has 1 aliphatic carbocycles. The summed E-state index contributed by atoms with van der Waals surface area (Å²) < 4.78 is 5.63. The summed E-state index contributed by atoms with van der Waals surface area (Å²) >= 11 is 0. The predicted molar refractivity (Wildman–Crippen MR) is 80.0 cm³/mol. The SMILES string of the molecule is CC1(c2nc(C3(c4ccccc4)CCC3)no2)CCCN1. The lowest BCUT2D eigenvalue weighted by atomic mass is 9.64. The molecule has 4 nitrogen and oxygen atoms in total. The van der Waals surface area contributed by atoms with Crippen LogP contribution in [0.15, 0.2) is 34.9 Å². The largest absolute Gasteiger partial charge is 0.337 e.